The third-order valence-corrected chi connectivity index (χ3v) is 4.03. The Kier molecular flexibility index (Phi) is 4.70. The lowest BCUT2D eigenvalue weighted by atomic mass is 10.2. The number of anilines is 1. The highest BCUT2D eigenvalue weighted by Gasteiger charge is 2.21. The Balaban J connectivity index is 2.20. The largest absolute Gasteiger partial charge is 0.493 e. The van der Waals surface area contributed by atoms with E-state index in [-0.39, 0.29) is 17.5 Å². The lowest BCUT2D eigenvalue weighted by molar-refractivity contribution is 0.269. The Morgan fingerprint density at radius 3 is 2.64 bits per heavy atom. The molecule has 120 valence electrons. The van der Waals surface area contributed by atoms with Gasteiger partial charge in [0.25, 0.3) is 10.0 Å². The second-order valence-electron chi connectivity index (χ2n) is 5.23. The van der Waals surface area contributed by atoms with E-state index in [0.717, 1.165) is 12.1 Å². The molecule has 0 amide bonds. The number of hydrogen-bond donors (Lipinski definition) is 1. The molecule has 0 aliphatic rings. The quantitative estimate of drug-likeness (QED) is 0.881. The Labute approximate surface area is 128 Å². The van der Waals surface area contributed by atoms with Crippen molar-refractivity contribution in [3.63, 3.8) is 0 Å². The fourth-order valence-electron chi connectivity index (χ4n) is 1.66. The Bertz CT molecular complexity index is 756. The first-order valence-corrected chi connectivity index (χ1v) is 8.15. The lowest BCUT2D eigenvalue weighted by Gasteiger charge is -2.10. The molecule has 1 aromatic heterocycles. The summed E-state index contributed by atoms with van der Waals surface area (Å²) in [5, 5.41) is 3.51. The molecule has 6 nitrogen and oxygen atoms in total. The van der Waals surface area contributed by atoms with Crippen molar-refractivity contribution >= 4 is 15.8 Å². The summed E-state index contributed by atoms with van der Waals surface area (Å²) in [6.07, 6.45) is 0. The summed E-state index contributed by atoms with van der Waals surface area (Å²) in [7, 11) is -4.08. The fraction of sp³-hybridized carbons (Fsp3) is 0.357. The summed E-state index contributed by atoms with van der Waals surface area (Å²) < 4.78 is 50.6. The van der Waals surface area contributed by atoms with Crippen LogP contribution in [0.15, 0.2) is 33.7 Å². The first-order chi connectivity index (χ1) is 10.3. The number of halogens is 1. The number of aromatic nitrogens is 1. The van der Waals surface area contributed by atoms with E-state index in [1.807, 2.05) is 13.8 Å². The topological polar surface area (TPSA) is 81.4 Å². The van der Waals surface area contributed by atoms with Gasteiger partial charge in [-0.1, -0.05) is 19.0 Å². The van der Waals surface area contributed by atoms with Gasteiger partial charge >= 0.3 is 0 Å². The molecule has 0 spiro atoms. The summed E-state index contributed by atoms with van der Waals surface area (Å²) in [5.74, 6) is 0.104. The molecule has 0 aliphatic carbocycles. The predicted molar refractivity (Wildman–Crippen MR) is 78.8 cm³/mol. The number of hydrogen-bond acceptors (Lipinski definition) is 5. The van der Waals surface area contributed by atoms with Gasteiger partial charge in [0, 0.05) is 12.1 Å². The monoisotopic (exact) mass is 328 g/mol. The zero-order valence-corrected chi connectivity index (χ0v) is 13.3. The van der Waals surface area contributed by atoms with Crippen molar-refractivity contribution in [1.29, 1.82) is 0 Å². The number of sulfonamides is 1. The van der Waals surface area contributed by atoms with Gasteiger partial charge in [0.05, 0.1) is 6.61 Å². The molecule has 0 atom stereocenters. The van der Waals surface area contributed by atoms with Crippen LogP contribution in [-0.4, -0.2) is 20.2 Å². The average Bonchev–Trinajstić information content (AvgIpc) is 2.80. The molecule has 8 heteroatoms. The number of nitrogens with one attached hydrogen (secondary N) is 1. The summed E-state index contributed by atoms with van der Waals surface area (Å²) in [6.45, 7) is 5.95. The van der Waals surface area contributed by atoms with Crippen molar-refractivity contribution < 1.29 is 22.1 Å². The summed E-state index contributed by atoms with van der Waals surface area (Å²) >= 11 is 0. The second kappa shape index (κ2) is 6.35. The van der Waals surface area contributed by atoms with E-state index in [9.17, 15) is 12.8 Å². The van der Waals surface area contributed by atoms with Crippen LogP contribution in [0.1, 0.15) is 19.6 Å². The van der Waals surface area contributed by atoms with Crippen LogP contribution in [-0.2, 0) is 10.0 Å². The minimum atomic E-state index is -4.08. The number of ether oxygens (including phenoxy) is 1. The summed E-state index contributed by atoms with van der Waals surface area (Å²) in [4.78, 5) is -0.481. The normalized spacial score (nSPS) is 11.7. The van der Waals surface area contributed by atoms with E-state index < -0.39 is 20.7 Å². The van der Waals surface area contributed by atoms with Crippen LogP contribution in [0.4, 0.5) is 10.2 Å². The molecule has 1 N–H and O–H groups in total. The molecule has 0 radical (unpaired) electrons. The smallest absolute Gasteiger partial charge is 0.266 e. The Morgan fingerprint density at radius 1 is 1.36 bits per heavy atom. The van der Waals surface area contributed by atoms with E-state index in [1.54, 1.807) is 6.92 Å². The number of aryl methyl sites for hydroxylation is 1. The number of rotatable bonds is 6. The minimum absolute atomic E-state index is 0.00275. The second-order valence-corrected chi connectivity index (χ2v) is 6.88. The molecular formula is C14H17FN2O4S. The van der Waals surface area contributed by atoms with E-state index in [4.69, 9.17) is 9.26 Å². The van der Waals surface area contributed by atoms with Gasteiger partial charge in [-0.05, 0) is 25.0 Å². The first kappa shape index (κ1) is 16.3. The highest BCUT2D eigenvalue weighted by molar-refractivity contribution is 7.92. The van der Waals surface area contributed by atoms with Crippen LogP contribution in [0.25, 0.3) is 0 Å². The van der Waals surface area contributed by atoms with Crippen LogP contribution in [0.5, 0.6) is 5.75 Å². The van der Waals surface area contributed by atoms with Gasteiger partial charge in [0.1, 0.15) is 22.2 Å². The summed E-state index contributed by atoms with van der Waals surface area (Å²) in [5.41, 5.74) is 0. The van der Waals surface area contributed by atoms with Crippen LogP contribution in [0.3, 0.4) is 0 Å². The zero-order chi connectivity index (χ0) is 16.3. The van der Waals surface area contributed by atoms with E-state index in [0.29, 0.717) is 12.4 Å². The zero-order valence-electron chi connectivity index (χ0n) is 12.5. The van der Waals surface area contributed by atoms with E-state index >= 15 is 0 Å². The third-order valence-electron chi connectivity index (χ3n) is 2.64. The minimum Gasteiger partial charge on any atom is -0.493 e. The van der Waals surface area contributed by atoms with Gasteiger partial charge in [-0.2, -0.15) is 0 Å². The van der Waals surface area contributed by atoms with Gasteiger partial charge in [0.2, 0.25) is 0 Å². The van der Waals surface area contributed by atoms with Crippen molar-refractivity contribution in [2.75, 3.05) is 11.3 Å². The Morgan fingerprint density at radius 2 is 2.09 bits per heavy atom. The van der Waals surface area contributed by atoms with Crippen molar-refractivity contribution in [2.24, 2.45) is 5.92 Å². The van der Waals surface area contributed by atoms with E-state index in [2.05, 4.69) is 9.88 Å². The maximum absolute atomic E-state index is 14.0. The molecular weight excluding hydrogens is 311 g/mol. The van der Waals surface area contributed by atoms with Crippen molar-refractivity contribution in [3.8, 4) is 5.75 Å². The van der Waals surface area contributed by atoms with Gasteiger partial charge in [0.15, 0.2) is 5.82 Å². The first-order valence-electron chi connectivity index (χ1n) is 6.66. The molecule has 2 aromatic rings. The molecule has 1 heterocycles. The van der Waals surface area contributed by atoms with Gasteiger partial charge < -0.3 is 9.26 Å². The maximum atomic E-state index is 14.0. The predicted octanol–water partition coefficient (Wildman–Crippen LogP) is 2.96. The molecule has 0 bridgehead atoms. The lowest BCUT2D eigenvalue weighted by Crippen LogP contribution is -2.15. The molecule has 0 aliphatic heterocycles. The Hall–Kier alpha value is -2.09. The molecule has 22 heavy (non-hydrogen) atoms. The fourth-order valence-corrected chi connectivity index (χ4v) is 2.70. The van der Waals surface area contributed by atoms with Gasteiger partial charge in [-0.25, -0.2) is 12.8 Å². The highest BCUT2D eigenvalue weighted by Crippen LogP contribution is 2.23. The van der Waals surface area contributed by atoms with Crippen LogP contribution in [0, 0.1) is 18.7 Å². The number of nitrogens with zero attached hydrogens (tertiary/aromatic N) is 1. The SMILES string of the molecule is Cc1cc(NS(=O)(=O)c2ccc(OCC(C)C)cc2F)no1. The van der Waals surface area contributed by atoms with Crippen molar-refractivity contribution in [1.82, 2.24) is 5.16 Å². The van der Waals surface area contributed by atoms with Crippen LogP contribution < -0.4 is 9.46 Å². The van der Waals surface area contributed by atoms with Crippen molar-refractivity contribution in [2.45, 2.75) is 25.7 Å². The molecule has 1 aromatic carbocycles. The summed E-state index contributed by atoms with van der Waals surface area (Å²) in [6, 6.07) is 5.01. The average molecular weight is 328 g/mol. The van der Waals surface area contributed by atoms with Crippen molar-refractivity contribution in [3.05, 3.63) is 35.8 Å². The van der Waals surface area contributed by atoms with Crippen LogP contribution >= 0.6 is 0 Å². The van der Waals surface area contributed by atoms with Gasteiger partial charge in [-0.3, -0.25) is 4.72 Å². The maximum Gasteiger partial charge on any atom is 0.266 e. The molecule has 0 saturated heterocycles. The molecule has 0 saturated carbocycles. The standard InChI is InChI=1S/C14H17FN2O4S/c1-9(2)8-20-11-4-5-13(12(15)7-11)22(18,19)17-14-6-10(3)21-16-14/h4-7,9H,8H2,1-3H3,(H,16,17). The number of benzene rings is 1. The highest BCUT2D eigenvalue weighted by atomic mass is 32.2. The van der Waals surface area contributed by atoms with Gasteiger partial charge in [-0.15, -0.1) is 0 Å². The molecule has 0 fully saturated rings. The third kappa shape index (κ3) is 3.97. The van der Waals surface area contributed by atoms with Crippen LogP contribution in [0.2, 0.25) is 0 Å². The molecule has 2 rings (SSSR count). The van der Waals surface area contributed by atoms with E-state index in [1.165, 1.54) is 12.1 Å². The molecule has 0 unspecified atom stereocenters.